The van der Waals surface area contributed by atoms with Crippen molar-refractivity contribution in [3.63, 3.8) is 0 Å². The largest absolute Gasteiger partial charge is 0.341 e. The monoisotopic (exact) mass is 329 g/mol. The van der Waals surface area contributed by atoms with Crippen LogP contribution in [0.25, 0.3) is 0 Å². The number of nitrogens with one attached hydrogen (secondary N) is 1. The molecule has 0 radical (unpaired) electrons. The third-order valence-corrected chi connectivity index (χ3v) is 4.98. The Balaban J connectivity index is 1.80. The predicted octanol–water partition coefficient (Wildman–Crippen LogP) is 1.61. The van der Waals surface area contributed by atoms with Crippen LogP contribution >= 0.6 is 0 Å². The van der Waals surface area contributed by atoms with Gasteiger partial charge in [0, 0.05) is 44.4 Å². The van der Waals surface area contributed by atoms with Gasteiger partial charge in [0.25, 0.3) is 5.91 Å². The Labute approximate surface area is 141 Å². The lowest BCUT2D eigenvalue weighted by Gasteiger charge is -2.22. The third kappa shape index (κ3) is 2.77. The highest BCUT2D eigenvalue weighted by molar-refractivity contribution is 6.07. The van der Waals surface area contributed by atoms with E-state index in [1.807, 2.05) is 19.9 Å². The molecule has 0 aliphatic carbocycles. The van der Waals surface area contributed by atoms with E-state index in [4.69, 9.17) is 0 Å². The Kier molecular flexibility index (Phi) is 4.07. The zero-order chi connectivity index (χ0) is 17.5. The van der Waals surface area contributed by atoms with E-state index in [9.17, 15) is 14.4 Å². The van der Waals surface area contributed by atoms with Crippen LogP contribution < -0.4 is 5.32 Å². The van der Waals surface area contributed by atoms with Crippen molar-refractivity contribution in [1.29, 1.82) is 0 Å². The Morgan fingerprint density at radius 1 is 1.08 bits per heavy atom. The zero-order valence-corrected chi connectivity index (χ0v) is 14.4. The van der Waals surface area contributed by atoms with Crippen LogP contribution in [0, 0.1) is 0 Å². The van der Waals surface area contributed by atoms with Gasteiger partial charge in [-0.15, -0.1) is 0 Å². The summed E-state index contributed by atoms with van der Waals surface area (Å²) in [4.78, 5) is 40.0. The number of nitrogens with zero attached hydrogens (tertiary/aromatic N) is 2. The minimum absolute atomic E-state index is 0.0432. The van der Waals surface area contributed by atoms with E-state index in [1.54, 1.807) is 28.9 Å². The lowest BCUT2D eigenvalue weighted by Crippen LogP contribution is -2.36. The number of carbonyl (C=O) groups excluding carboxylic acids is 3. The first-order valence-electron chi connectivity index (χ1n) is 8.31. The van der Waals surface area contributed by atoms with Crippen molar-refractivity contribution < 1.29 is 14.4 Å². The quantitative estimate of drug-likeness (QED) is 0.851. The smallest absolute Gasteiger partial charge is 0.253 e. The predicted molar refractivity (Wildman–Crippen MR) is 90.9 cm³/mol. The number of benzene rings is 1. The second-order valence-corrected chi connectivity index (χ2v) is 6.99. The molecule has 3 rings (SSSR count). The molecular formula is C18H23N3O3. The summed E-state index contributed by atoms with van der Waals surface area (Å²) in [5.74, 6) is -0.0412. The molecule has 6 nitrogen and oxygen atoms in total. The van der Waals surface area contributed by atoms with Gasteiger partial charge in [-0.1, -0.05) is 0 Å². The van der Waals surface area contributed by atoms with Gasteiger partial charge in [0.15, 0.2) is 0 Å². The minimum atomic E-state index is -0.629. The van der Waals surface area contributed by atoms with Gasteiger partial charge >= 0.3 is 0 Å². The molecule has 2 aliphatic rings. The normalized spacial score (nSPS) is 19.5. The highest BCUT2D eigenvalue weighted by atomic mass is 16.2. The first-order chi connectivity index (χ1) is 11.3. The molecule has 0 saturated carbocycles. The molecule has 0 bridgehead atoms. The van der Waals surface area contributed by atoms with Gasteiger partial charge in [-0.05, 0) is 44.0 Å². The number of hydrogen-bond donors (Lipinski definition) is 1. The Morgan fingerprint density at radius 3 is 2.46 bits per heavy atom. The Morgan fingerprint density at radius 2 is 1.75 bits per heavy atom. The minimum Gasteiger partial charge on any atom is -0.341 e. The maximum Gasteiger partial charge on any atom is 0.253 e. The molecule has 0 unspecified atom stereocenters. The van der Waals surface area contributed by atoms with Crippen molar-refractivity contribution >= 4 is 23.4 Å². The van der Waals surface area contributed by atoms with E-state index >= 15 is 0 Å². The van der Waals surface area contributed by atoms with Crippen molar-refractivity contribution in [2.75, 3.05) is 31.5 Å². The van der Waals surface area contributed by atoms with Crippen molar-refractivity contribution in [3.8, 4) is 0 Å². The zero-order valence-electron chi connectivity index (χ0n) is 14.4. The summed E-state index contributed by atoms with van der Waals surface area (Å²) < 4.78 is 0. The molecule has 1 aromatic rings. The summed E-state index contributed by atoms with van der Waals surface area (Å²) in [5.41, 5.74) is 1.60. The van der Waals surface area contributed by atoms with E-state index < -0.39 is 5.41 Å². The molecule has 1 aromatic carbocycles. The molecule has 128 valence electrons. The van der Waals surface area contributed by atoms with Crippen molar-refractivity contribution in [1.82, 2.24) is 9.80 Å². The number of rotatable bonds is 1. The molecule has 3 amide bonds. The highest BCUT2D eigenvalue weighted by Crippen LogP contribution is 2.37. The highest BCUT2D eigenvalue weighted by Gasteiger charge is 2.38. The first-order valence-corrected chi connectivity index (χ1v) is 8.31. The topological polar surface area (TPSA) is 69.7 Å². The number of amides is 3. The first kappa shape index (κ1) is 16.5. The van der Waals surface area contributed by atoms with Crippen LogP contribution in [0.1, 0.15) is 43.1 Å². The lowest BCUT2D eigenvalue weighted by molar-refractivity contribution is -0.128. The molecule has 2 aliphatic heterocycles. The fourth-order valence-corrected chi connectivity index (χ4v) is 3.32. The maximum atomic E-state index is 12.8. The standard InChI is InChI=1S/C18H23N3O3/c1-12(22)20-7-4-8-21(10-9-20)16(23)13-5-6-15-14(11-13)18(2,3)17(24)19-15/h5-6,11H,4,7-10H2,1-3H3,(H,19,24). The van der Waals surface area contributed by atoms with Crippen LogP contribution in [-0.4, -0.2) is 53.7 Å². The fourth-order valence-electron chi connectivity index (χ4n) is 3.32. The van der Waals surface area contributed by atoms with Gasteiger partial charge < -0.3 is 15.1 Å². The molecule has 6 heteroatoms. The molecule has 1 saturated heterocycles. The summed E-state index contributed by atoms with van der Waals surface area (Å²) in [7, 11) is 0. The van der Waals surface area contributed by atoms with Gasteiger partial charge in [-0.25, -0.2) is 0 Å². The van der Waals surface area contributed by atoms with Gasteiger partial charge in [0.1, 0.15) is 0 Å². The summed E-state index contributed by atoms with van der Waals surface area (Å²) in [6.45, 7) is 7.71. The van der Waals surface area contributed by atoms with E-state index in [1.165, 1.54) is 0 Å². The summed E-state index contributed by atoms with van der Waals surface area (Å²) in [6, 6.07) is 5.38. The van der Waals surface area contributed by atoms with Crippen LogP contribution in [0.3, 0.4) is 0 Å². The average Bonchev–Trinajstić information content (AvgIpc) is 2.73. The molecule has 1 N–H and O–H groups in total. The summed E-state index contributed by atoms with van der Waals surface area (Å²) >= 11 is 0. The van der Waals surface area contributed by atoms with E-state index in [-0.39, 0.29) is 17.7 Å². The summed E-state index contributed by atoms with van der Waals surface area (Å²) in [5, 5.41) is 2.85. The Bertz CT molecular complexity index is 711. The molecule has 0 aromatic heterocycles. The van der Waals surface area contributed by atoms with Crippen LogP contribution in [0.4, 0.5) is 5.69 Å². The van der Waals surface area contributed by atoms with Gasteiger partial charge in [0.05, 0.1) is 5.41 Å². The molecule has 1 fully saturated rings. The van der Waals surface area contributed by atoms with E-state index in [2.05, 4.69) is 5.32 Å². The fraction of sp³-hybridized carbons (Fsp3) is 0.500. The second kappa shape index (κ2) is 5.92. The second-order valence-electron chi connectivity index (χ2n) is 6.99. The molecule has 24 heavy (non-hydrogen) atoms. The van der Waals surface area contributed by atoms with Crippen molar-refractivity contribution in [3.05, 3.63) is 29.3 Å². The lowest BCUT2D eigenvalue weighted by atomic mass is 9.85. The van der Waals surface area contributed by atoms with Crippen molar-refractivity contribution in [2.24, 2.45) is 0 Å². The summed E-state index contributed by atoms with van der Waals surface area (Å²) in [6.07, 6.45) is 0.780. The van der Waals surface area contributed by atoms with Gasteiger partial charge in [-0.3, -0.25) is 14.4 Å². The number of hydrogen-bond acceptors (Lipinski definition) is 3. The Hall–Kier alpha value is -2.37. The van der Waals surface area contributed by atoms with Gasteiger partial charge in [0.2, 0.25) is 11.8 Å². The third-order valence-electron chi connectivity index (χ3n) is 4.98. The van der Waals surface area contributed by atoms with Crippen LogP contribution in [-0.2, 0) is 15.0 Å². The molecule has 0 spiro atoms. The van der Waals surface area contributed by atoms with Crippen LogP contribution in [0.2, 0.25) is 0 Å². The number of anilines is 1. The van der Waals surface area contributed by atoms with E-state index in [0.717, 1.165) is 17.7 Å². The molecular weight excluding hydrogens is 306 g/mol. The van der Waals surface area contributed by atoms with Crippen molar-refractivity contribution in [2.45, 2.75) is 32.6 Å². The molecule has 2 heterocycles. The van der Waals surface area contributed by atoms with Gasteiger partial charge in [-0.2, -0.15) is 0 Å². The molecule has 0 atom stereocenters. The average molecular weight is 329 g/mol. The number of carbonyl (C=O) groups is 3. The van der Waals surface area contributed by atoms with E-state index in [0.29, 0.717) is 31.7 Å². The van der Waals surface area contributed by atoms with Crippen LogP contribution in [0.5, 0.6) is 0 Å². The maximum absolute atomic E-state index is 12.8. The van der Waals surface area contributed by atoms with Crippen LogP contribution in [0.15, 0.2) is 18.2 Å². The SMILES string of the molecule is CC(=O)N1CCCN(C(=O)c2ccc3c(c2)C(C)(C)C(=O)N3)CC1. The number of fused-ring (bicyclic) bond motifs is 1.